The summed E-state index contributed by atoms with van der Waals surface area (Å²) in [6.07, 6.45) is 5.02. The number of carbonyl (C=O) groups excluding carboxylic acids is 4. The molecule has 236 valence electrons. The second-order valence-corrected chi connectivity index (χ2v) is 13.0. The number of halogens is 1. The highest BCUT2D eigenvalue weighted by atomic mass is 19.1. The van der Waals surface area contributed by atoms with Crippen LogP contribution in [-0.2, 0) is 9.59 Å². The van der Waals surface area contributed by atoms with Gasteiger partial charge in [0.2, 0.25) is 11.8 Å². The van der Waals surface area contributed by atoms with Crippen LogP contribution in [0.2, 0.25) is 0 Å². The van der Waals surface area contributed by atoms with Crippen molar-refractivity contribution in [2.24, 2.45) is 5.41 Å². The molecule has 0 aliphatic carbocycles. The standard InChI is InChI=1S/C32H35FN6O6/c33-25-17-23-24(31(43)38(30(23)42)26-5-6-28(40)34-29(26)41)18-27(25)36-14-9-32(10-15-36)11-16-37(19-32)21-7-12-35(13-8-21)20-1-3-22(4-2-20)39(44)45/h1-4,17-18,21,26H,5-16,19H2,(H,34,40,41). The Balaban J connectivity index is 0.961. The molecule has 5 heterocycles. The summed E-state index contributed by atoms with van der Waals surface area (Å²) in [6.45, 7) is 5.12. The van der Waals surface area contributed by atoms with Crippen LogP contribution in [0.3, 0.4) is 0 Å². The van der Waals surface area contributed by atoms with Crippen LogP contribution < -0.4 is 15.1 Å². The summed E-state index contributed by atoms with van der Waals surface area (Å²) in [5.41, 5.74) is 1.61. The fourth-order valence-electron chi connectivity index (χ4n) is 7.91. The van der Waals surface area contributed by atoms with Gasteiger partial charge in [0.25, 0.3) is 17.5 Å². The van der Waals surface area contributed by atoms with Crippen LogP contribution in [-0.4, -0.2) is 89.7 Å². The number of hydrogen-bond donors (Lipinski definition) is 1. The SMILES string of the molecule is O=C1CCC(N2C(=O)c3cc(F)c(N4CCC5(CC4)CCN(C4CCN(c6ccc([N+](=O)[O-])cc6)CC4)C5)cc3C2=O)C(=O)N1. The molecule has 2 aromatic carbocycles. The van der Waals surface area contributed by atoms with Crippen LogP contribution >= 0.6 is 0 Å². The molecule has 4 fully saturated rings. The van der Waals surface area contributed by atoms with Crippen molar-refractivity contribution in [2.45, 2.75) is 57.0 Å². The lowest BCUT2D eigenvalue weighted by atomic mass is 9.77. The molecule has 0 radical (unpaired) electrons. The second-order valence-electron chi connectivity index (χ2n) is 13.0. The quantitative estimate of drug-likeness (QED) is 0.305. The number of hydrogen-bond acceptors (Lipinski definition) is 9. The number of non-ortho nitro benzene ring substituents is 1. The fraction of sp³-hybridized carbons (Fsp3) is 0.500. The summed E-state index contributed by atoms with van der Waals surface area (Å²) in [7, 11) is 0. The van der Waals surface area contributed by atoms with E-state index in [2.05, 4.69) is 15.1 Å². The van der Waals surface area contributed by atoms with Gasteiger partial charge in [-0.15, -0.1) is 0 Å². The molecule has 12 nitrogen and oxygen atoms in total. The van der Waals surface area contributed by atoms with Crippen molar-refractivity contribution >= 4 is 40.7 Å². The molecule has 0 aromatic heterocycles. The Morgan fingerprint density at radius 3 is 2.13 bits per heavy atom. The van der Waals surface area contributed by atoms with Gasteiger partial charge in [-0.1, -0.05) is 0 Å². The molecule has 1 unspecified atom stereocenters. The van der Waals surface area contributed by atoms with E-state index in [9.17, 15) is 29.3 Å². The van der Waals surface area contributed by atoms with Crippen molar-refractivity contribution in [2.75, 3.05) is 49.1 Å². The zero-order valence-electron chi connectivity index (χ0n) is 24.9. The number of amides is 4. The molecule has 45 heavy (non-hydrogen) atoms. The summed E-state index contributed by atoms with van der Waals surface area (Å²) in [5.74, 6) is -3.05. The molecule has 0 bridgehead atoms. The zero-order chi connectivity index (χ0) is 31.5. The van der Waals surface area contributed by atoms with E-state index >= 15 is 4.39 Å². The zero-order valence-corrected chi connectivity index (χ0v) is 24.9. The van der Waals surface area contributed by atoms with Gasteiger partial charge in [-0.25, -0.2) is 4.39 Å². The van der Waals surface area contributed by atoms with Crippen LogP contribution in [0.4, 0.5) is 21.5 Å². The number of piperidine rings is 3. The fourth-order valence-corrected chi connectivity index (χ4v) is 7.91. The minimum atomic E-state index is -1.09. The Kier molecular flexibility index (Phi) is 7.30. The molecule has 1 atom stereocenters. The van der Waals surface area contributed by atoms with E-state index in [1.165, 1.54) is 6.07 Å². The van der Waals surface area contributed by atoms with Crippen molar-refractivity contribution in [3.8, 4) is 0 Å². The maximum Gasteiger partial charge on any atom is 0.269 e. The Hall–Kier alpha value is -4.39. The number of nitro benzene ring substituents is 1. The van der Waals surface area contributed by atoms with E-state index in [-0.39, 0.29) is 40.0 Å². The highest BCUT2D eigenvalue weighted by Crippen LogP contribution is 2.44. The molecular weight excluding hydrogens is 583 g/mol. The lowest BCUT2D eigenvalue weighted by Crippen LogP contribution is -2.54. The predicted octanol–water partition coefficient (Wildman–Crippen LogP) is 3.10. The molecule has 0 saturated carbocycles. The Morgan fingerprint density at radius 1 is 0.844 bits per heavy atom. The molecular formula is C32H35FN6O6. The van der Waals surface area contributed by atoms with Gasteiger partial charge < -0.3 is 9.80 Å². The van der Waals surface area contributed by atoms with E-state index in [0.29, 0.717) is 24.8 Å². The van der Waals surface area contributed by atoms with Crippen LogP contribution in [0.25, 0.3) is 0 Å². The van der Waals surface area contributed by atoms with Crippen molar-refractivity contribution < 1.29 is 28.5 Å². The van der Waals surface area contributed by atoms with Crippen LogP contribution in [0, 0.1) is 21.3 Å². The number of imide groups is 2. The van der Waals surface area contributed by atoms with E-state index < -0.39 is 35.5 Å². The van der Waals surface area contributed by atoms with Crippen molar-refractivity contribution in [1.29, 1.82) is 0 Å². The monoisotopic (exact) mass is 618 g/mol. The Labute approximate surface area is 259 Å². The van der Waals surface area contributed by atoms with Crippen LogP contribution in [0.5, 0.6) is 0 Å². The molecule has 4 amide bonds. The van der Waals surface area contributed by atoms with Gasteiger partial charge in [-0.05, 0) is 74.8 Å². The van der Waals surface area contributed by atoms with Gasteiger partial charge in [-0.2, -0.15) is 0 Å². The Morgan fingerprint density at radius 2 is 1.49 bits per heavy atom. The third-order valence-corrected chi connectivity index (χ3v) is 10.5. The van der Waals surface area contributed by atoms with Gasteiger partial charge in [0.15, 0.2) is 0 Å². The van der Waals surface area contributed by atoms with Gasteiger partial charge in [-0.3, -0.25) is 44.4 Å². The summed E-state index contributed by atoms with van der Waals surface area (Å²) in [5, 5.41) is 13.2. The number of benzene rings is 2. The normalized spacial score (nSPS) is 24.0. The van der Waals surface area contributed by atoms with Gasteiger partial charge >= 0.3 is 0 Å². The lowest BCUT2D eigenvalue weighted by Gasteiger charge is -2.42. The number of rotatable bonds is 5. The molecule has 1 N–H and O–H groups in total. The first kappa shape index (κ1) is 29.3. The van der Waals surface area contributed by atoms with Gasteiger partial charge in [0.05, 0.1) is 21.7 Å². The highest BCUT2D eigenvalue weighted by molar-refractivity contribution is 6.23. The molecule has 7 rings (SSSR count). The summed E-state index contributed by atoms with van der Waals surface area (Å²) in [6, 6.07) is 8.72. The Bertz CT molecular complexity index is 1580. The van der Waals surface area contributed by atoms with E-state index in [1.807, 2.05) is 17.0 Å². The van der Waals surface area contributed by atoms with Crippen molar-refractivity contribution in [1.82, 2.24) is 15.1 Å². The number of anilines is 2. The maximum atomic E-state index is 15.4. The first-order valence-corrected chi connectivity index (χ1v) is 15.7. The summed E-state index contributed by atoms with van der Waals surface area (Å²) < 4.78 is 15.4. The third kappa shape index (κ3) is 5.22. The first-order valence-electron chi connectivity index (χ1n) is 15.7. The molecule has 2 aromatic rings. The number of nitrogens with zero attached hydrogens (tertiary/aromatic N) is 5. The third-order valence-electron chi connectivity index (χ3n) is 10.5. The molecule has 5 aliphatic rings. The average Bonchev–Trinajstić information content (AvgIpc) is 3.55. The van der Waals surface area contributed by atoms with E-state index in [1.54, 1.807) is 12.1 Å². The number of nitro groups is 1. The van der Waals surface area contributed by atoms with E-state index in [4.69, 9.17) is 0 Å². The lowest BCUT2D eigenvalue weighted by molar-refractivity contribution is -0.384. The first-order chi connectivity index (χ1) is 21.6. The largest absolute Gasteiger partial charge is 0.371 e. The number of likely N-dealkylation sites (tertiary alicyclic amines) is 1. The van der Waals surface area contributed by atoms with E-state index in [0.717, 1.165) is 74.9 Å². The van der Waals surface area contributed by atoms with Crippen molar-refractivity contribution in [3.63, 3.8) is 0 Å². The molecule has 5 aliphatic heterocycles. The number of nitrogens with one attached hydrogen (secondary N) is 1. The smallest absolute Gasteiger partial charge is 0.269 e. The second kappa shape index (κ2) is 11.2. The number of fused-ring (bicyclic) bond motifs is 1. The van der Waals surface area contributed by atoms with Crippen molar-refractivity contribution in [3.05, 3.63) is 63.5 Å². The van der Waals surface area contributed by atoms with Crippen LogP contribution in [0.15, 0.2) is 36.4 Å². The minimum Gasteiger partial charge on any atom is -0.371 e. The summed E-state index contributed by atoms with van der Waals surface area (Å²) >= 11 is 0. The predicted molar refractivity (Wildman–Crippen MR) is 161 cm³/mol. The molecule has 4 saturated heterocycles. The average molecular weight is 619 g/mol. The minimum absolute atomic E-state index is 0.0255. The van der Waals surface area contributed by atoms with Crippen LogP contribution in [0.1, 0.15) is 65.7 Å². The van der Waals surface area contributed by atoms with Gasteiger partial charge in [0, 0.05) is 63.0 Å². The molecule has 1 spiro atoms. The highest BCUT2D eigenvalue weighted by Gasteiger charge is 2.46. The molecule has 13 heteroatoms. The van der Waals surface area contributed by atoms with Gasteiger partial charge in [0.1, 0.15) is 11.9 Å². The number of carbonyl (C=O) groups is 4. The topological polar surface area (TPSA) is 136 Å². The summed E-state index contributed by atoms with van der Waals surface area (Å²) in [4.78, 5) is 68.6. The maximum absolute atomic E-state index is 15.4.